The summed E-state index contributed by atoms with van der Waals surface area (Å²) < 4.78 is 13.6. The van der Waals surface area contributed by atoms with E-state index in [1.165, 1.54) is 0 Å². The van der Waals surface area contributed by atoms with Gasteiger partial charge in [-0.1, -0.05) is 31.2 Å². The molecule has 238 valence electrons. The van der Waals surface area contributed by atoms with Gasteiger partial charge in [-0.25, -0.2) is 14.6 Å². The lowest BCUT2D eigenvalue weighted by atomic mass is 10.2. The summed E-state index contributed by atoms with van der Waals surface area (Å²) in [7, 11) is 1.64. The number of carbonyl (C=O) groups is 2. The van der Waals surface area contributed by atoms with Crippen molar-refractivity contribution in [3.05, 3.63) is 96.2 Å². The number of aromatic amines is 1. The first-order valence-electron chi connectivity index (χ1n) is 15.5. The number of aromatic nitrogens is 5. The second-order valence-electron chi connectivity index (χ2n) is 11.4. The molecule has 47 heavy (non-hydrogen) atoms. The molecular weight excluding hydrogens is 596 g/mol. The lowest BCUT2D eigenvalue weighted by Gasteiger charge is -2.16. The maximum Gasteiger partial charge on any atom is 0.257 e. The van der Waals surface area contributed by atoms with Gasteiger partial charge < -0.3 is 24.7 Å². The fourth-order valence-corrected chi connectivity index (χ4v) is 5.78. The van der Waals surface area contributed by atoms with Gasteiger partial charge in [0.2, 0.25) is 11.9 Å². The number of rotatable bonds is 10. The van der Waals surface area contributed by atoms with Crippen LogP contribution in [0.2, 0.25) is 0 Å². The molecule has 1 fully saturated rings. The monoisotopic (exact) mass is 630 g/mol. The molecule has 0 bridgehead atoms. The second kappa shape index (κ2) is 12.8. The lowest BCUT2D eigenvalue weighted by Crippen LogP contribution is -2.31. The number of likely N-dealkylation sites (tertiary alicyclic amines) is 1. The molecule has 2 amide bonds. The molecule has 1 saturated heterocycles. The highest BCUT2D eigenvalue weighted by atomic mass is 16.5. The fourth-order valence-electron chi connectivity index (χ4n) is 5.78. The normalized spacial score (nSPS) is 14.4. The minimum Gasteiger partial charge on any atom is -0.497 e. The molecule has 7 rings (SSSR count). The van der Waals surface area contributed by atoms with Crippen molar-refractivity contribution < 1.29 is 19.1 Å². The topological polar surface area (TPSA) is 139 Å². The SMILES string of the molecule is CCC(=O)N1CCC(Nc2nn(Cc3ccc(OC)cc3)c3nccc(Oc4ccc(C(=O)Nc5nc6ccccc6[nH]5)cc4)c23)C1. The van der Waals surface area contributed by atoms with Crippen molar-refractivity contribution in [2.24, 2.45) is 0 Å². The van der Waals surface area contributed by atoms with Crippen LogP contribution in [0.1, 0.15) is 35.7 Å². The molecule has 0 aliphatic carbocycles. The average Bonchev–Trinajstić information content (AvgIpc) is 3.83. The number of imidazole rings is 1. The number of hydrogen-bond acceptors (Lipinski definition) is 8. The van der Waals surface area contributed by atoms with Gasteiger partial charge in [-0.15, -0.1) is 0 Å². The second-order valence-corrected chi connectivity index (χ2v) is 11.4. The zero-order valence-electron chi connectivity index (χ0n) is 26.1. The Bertz CT molecular complexity index is 2020. The third-order valence-electron chi connectivity index (χ3n) is 8.24. The van der Waals surface area contributed by atoms with E-state index in [2.05, 4.69) is 25.6 Å². The molecule has 3 aromatic heterocycles. The van der Waals surface area contributed by atoms with Crippen LogP contribution < -0.4 is 20.1 Å². The number of ether oxygens (including phenoxy) is 2. The predicted molar refractivity (Wildman–Crippen MR) is 179 cm³/mol. The van der Waals surface area contributed by atoms with Gasteiger partial charge in [0.1, 0.15) is 22.6 Å². The molecule has 3 N–H and O–H groups in total. The first-order valence-corrected chi connectivity index (χ1v) is 15.5. The van der Waals surface area contributed by atoms with E-state index in [1.54, 1.807) is 43.6 Å². The first-order chi connectivity index (χ1) is 23.0. The van der Waals surface area contributed by atoms with Gasteiger partial charge in [0, 0.05) is 43.4 Å². The van der Waals surface area contributed by atoms with Crippen LogP contribution in [0.25, 0.3) is 22.1 Å². The number of anilines is 2. The Morgan fingerprint density at radius 2 is 1.79 bits per heavy atom. The molecule has 4 heterocycles. The summed E-state index contributed by atoms with van der Waals surface area (Å²) in [6, 6.07) is 24.2. The van der Waals surface area contributed by atoms with Crippen LogP contribution in [-0.2, 0) is 11.3 Å². The van der Waals surface area contributed by atoms with Crippen LogP contribution in [0, 0.1) is 0 Å². The van der Waals surface area contributed by atoms with E-state index in [4.69, 9.17) is 14.6 Å². The van der Waals surface area contributed by atoms with Gasteiger partial charge in [0.25, 0.3) is 5.91 Å². The molecule has 0 saturated carbocycles. The fraction of sp³-hybridized carbons (Fsp3) is 0.229. The van der Waals surface area contributed by atoms with Crippen molar-refractivity contribution in [2.45, 2.75) is 32.4 Å². The summed E-state index contributed by atoms with van der Waals surface area (Å²) in [5.41, 5.74) is 3.76. The Hall–Kier alpha value is -5.91. The minimum atomic E-state index is -0.291. The number of carbonyl (C=O) groups excluding carboxylic acids is 2. The zero-order valence-corrected chi connectivity index (χ0v) is 26.1. The van der Waals surface area contributed by atoms with E-state index in [1.807, 2.05) is 65.0 Å². The van der Waals surface area contributed by atoms with Gasteiger partial charge in [-0.05, 0) is 60.5 Å². The highest BCUT2D eigenvalue weighted by molar-refractivity contribution is 6.04. The van der Waals surface area contributed by atoms with Gasteiger partial charge in [0.05, 0.1) is 24.7 Å². The molecule has 1 aliphatic heterocycles. The van der Waals surface area contributed by atoms with Crippen LogP contribution in [-0.4, -0.2) is 67.7 Å². The maximum absolute atomic E-state index is 12.9. The first kappa shape index (κ1) is 29.8. The summed E-state index contributed by atoms with van der Waals surface area (Å²) in [5.74, 6) is 2.76. The maximum atomic E-state index is 12.9. The molecule has 12 nitrogen and oxygen atoms in total. The summed E-state index contributed by atoms with van der Waals surface area (Å²) in [5, 5.41) is 12.1. The number of hydrogen-bond donors (Lipinski definition) is 3. The summed E-state index contributed by atoms with van der Waals surface area (Å²) in [4.78, 5) is 39.4. The molecule has 6 aromatic rings. The van der Waals surface area contributed by atoms with Crippen LogP contribution >= 0.6 is 0 Å². The Labute approximate surface area is 270 Å². The van der Waals surface area contributed by atoms with Crippen LogP contribution in [0.15, 0.2) is 85.1 Å². The number of nitrogens with one attached hydrogen (secondary N) is 3. The Balaban J connectivity index is 1.14. The molecule has 0 spiro atoms. The van der Waals surface area contributed by atoms with Crippen molar-refractivity contribution in [1.29, 1.82) is 0 Å². The minimum absolute atomic E-state index is 0.0376. The number of para-hydroxylation sites is 2. The standard InChI is InChI=1S/C35H34N8O4/c1-3-30(44)42-19-17-24(21-42)37-32-31-29(16-18-36-33(31)43(41-32)20-22-8-12-25(46-2)13-9-22)47-26-14-10-23(11-15-26)34(45)40-35-38-27-6-4-5-7-28(27)39-35/h4-16,18,24H,3,17,19-21H2,1-2H3,(H,37,41)(H2,38,39,40,45). The molecule has 0 radical (unpaired) electrons. The van der Waals surface area contributed by atoms with Crippen molar-refractivity contribution in [1.82, 2.24) is 29.6 Å². The van der Waals surface area contributed by atoms with Gasteiger partial charge >= 0.3 is 0 Å². The lowest BCUT2D eigenvalue weighted by molar-refractivity contribution is -0.129. The number of benzene rings is 3. The van der Waals surface area contributed by atoms with Crippen molar-refractivity contribution in [3.8, 4) is 17.2 Å². The Kier molecular flexibility index (Phi) is 8.13. The molecule has 12 heteroatoms. The summed E-state index contributed by atoms with van der Waals surface area (Å²) in [6.07, 6.45) is 2.99. The zero-order chi connectivity index (χ0) is 32.3. The van der Waals surface area contributed by atoms with Gasteiger partial charge in [-0.2, -0.15) is 5.10 Å². The third-order valence-corrected chi connectivity index (χ3v) is 8.24. The van der Waals surface area contributed by atoms with Crippen LogP contribution in [0.5, 0.6) is 17.2 Å². The molecule has 1 aliphatic rings. The number of nitrogens with zero attached hydrogens (tertiary/aromatic N) is 5. The van der Waals surface area contributed by atoms with E-state index in [9.17, 15) is 9.59 Å². The Morgan fingerprint density at radius 1 is 1.00 bits per heavy atom. The molecular formula is C35H34N8O4. The van der Waals surface area contributed by atoms with E-state index >= 15 is 0 Å². The molecule has 1 unspecified atom stereocenters. The van der Waals surface area contributed by atoms with E-state index in [0.717, 1.165) is 34.2 Å². The quantitative estimate of drug-likeness (QED) is 0.172. The molecule has 1 atom stereocenters. The Morgan fingerprint density at radius 3 is 2.55 bits per heavy atom. The molecule has 3 aromatic carbocycles. The number of H-pyrrole nitrogens is 1. The number of fused-ring (bicyclic) bond motifs is 2. The van der Waals surface area contributed by atoms with Crippen LogP contribution in [0.4, 0.5) is 11.8 Å². The summed E-state index contributed by atoms with van der Waals surface area (Å²) >= 11 is 0. The number of pyridine rings is 1. The highest BCUT2D eigenvalue weighted by Gasteiger charge is 2.27. The van der Waals surface area contributed by atoms with E-state index in [-0.39, 0.29) is 17.9 Å². The predicted octanol–water partition coefficient (Wildman–Crippen LogP) is 5.83. The van der Waals surface area contributed by atoms with Gasteiger partial charge in [-0.3, -0.25) is 14.9 Å². The largest absolute Gasteiger partial charge is 0.497 e. The van der Waals surface area contributed by atoms with E-state index in [0.29, 0.717) is 60.5 Å². The summed E-state index contributed by atoms with van der Waals surface area (Å²) in [6.45, 7) is 3.67. The van der Waals surface area contributed by atoms with Crippen LogP contribution in [0.3, 0.4) is 0 Å². The average molecular weight is 631 g/mol. The van der Waals surface area contributed by atoms with Gasteiger partial charge in [0.15, 0.2) is 11.5 Å². The van der Waals surface area contributed by atoms with Crippen molar-refractivity contribution in [2.75, 3.05) is 30.8 Å². The van der Waals surface area contributed by atoms with Crippen molar-refractivity contribution in [3.63, 3.8) is 0 Å². The van der Waals surface area contributed by atoms with E-state index < -0.39 is 0 Å². The highest BCUT2D eigenvalue weighted by Crippen LogP contribution is 2.35. The number of amides is 2. The third kappa shape index (κ3) is 6.30. The van der Waals surface area contributed by atoms with Crippen molar-refractivity contribution >= 4 is 45.6 Å². The number of methoxy groups -OCH3 is 1. The smallest absolute Gasteiger partial charge is 0.257 e.